The summed E-state index contributed by atoms with van der Waals surface area (Å²) in [7, 11) is 0. The second-order valence-electron chi connectivity index (χ2n) is 6.99. The second-order valence-corrected chi connectivity index (χ2v) is 6.99. The van der Waals surface area contributed by atoms with Gasteiger partial charge in [0.1, 0.15) is 0 Å². The van der Waals surface area contributed by atoms with Crippen molar-refractivity contribution >= 4 is 12.0 Å². The van der Waals surface area contributed by atoms with Crippen LogP contribution in [-0.2, 0) is 11.3 Å². The molecule has 0 saturated carbocycles. The Balaban J connectivity index is 1.63. The highest BCUT2D eigenvalue weighted by molar-refractivity contribution is 5.93. The van der Waals surface area contributed by atoms with Crippen LogP contribution >= 0.6 is 0 Å². The topological polar surface area (TPSA) is 38.1 Å². The quantitative estimate of drug-likeness (QED) is 0.643. The number of hydrogen-bond acceptors (Lipinski definition) is 2. The third-order valence-corrected chi connectivity index (χ3v) is 4.88. The molecule has 0 aliphatic carbocycles. The lowest BCUT2D eigenvalue weighted by Gasteiger charge is -2.29. The van der Waals surface area contributed by atoms with Crippen molar-refractivity contribution in [1.82, 2.24) is 14.7 Å². The maximum atomic E-state index is 12.2. The van der Waals surface area contributed by atoms with Crippen molar-refractivity contribution in [3.05, 3.63) is 83.6 Å². The van der Waals surface area contributed by atoms with Crippen molar-refractivity contribution in [3.63, 3.8) is 0 Å². The largest absolute Gasteiger partial charge is 0.339 e. The second kappa shape index (κ2) is 7.62. The molecule has 4 rings (SSSR count). The Labute approximate surface area is 159 Å². The first kappa shape index (κ1) is 17.3. The average Bonchev–Trinajstić information content (AvgIpc) is 3.04. The maximum absolute atomic E-state index is 12.2. The van der Waals surface area contributed by atoms with E-state index < -0.39 is 0 Å². The molecular formula is C23H23N3O. The van der Waals surface area contributed by atoms with Gasteiger partial charge in [0.05, 0.1) is 12.2 Å². The molecule has 4 nitrogen and oxygen atoms in total. The predicted octanol–water partition coefficient (Wildman–Crippen LogP) is 4.15. The lowest BCUT2D eigenvalue weighted by atomic mass is 10.1. The van der Waals surface area contributed by atoms with Crippen LogP contribution in [0.1, 0.15) is 23.1 Å². The van der Waals surface area contributed by atoms with Crippen LogP contribution in [0.5, 0.6) is 0 Å². The van der Waals surface area contributed by atoms with Gasteiger partial charge in [-0.05, 0) is 25.0 Å². The Kier molecular flexibility index (Phi) is 4.88. The van der Waals surface area contributed by atoms with E-state index in [1.54, 1.807) is 6.08 Å². The molecule has 27 heavy (non-hydrogen) atoms. The summed E-state index contributed by atoms with van der Waals surface area (Å²) in [5.41, 5.74) is 5.36. The van der Waals surface area contributed by atoms with Gasteiger partial charge in [-0.3, -0.25) is 9.48 Å². The minimum absolute atomic E-state index is 0.0755. The van der Waals surface area contributed by atoms with E-state index in [1.807, 2.05) is 52.2 Å². The molecular weight excluding hydrogens is 334 g/mol. The van der Waals surface area contributed by atoms with Crippen molar-refractivity contribution in [1.29, 1.82) is 0 Å². The van der Waals surface area contributed by atoms with Crippen LogP contribution in [0.25, 0.3) is 17.3 Å². The maximum Gasteiger partial charge on any atom is 0.246 e. The third-order valence-electron chi connectivity index (χ3n) is 4.88. The monoisotopic (exact) mass is 357 g/mol. The van der Waals surface area contributed by atoms with Gasteiger partial charge in [0.25, 0.3) is 0 Å². The van der Waals surface area contributed by atoms with Gasteiger partial charge in [0.2, 0.25) is 5.91 Å². The molecule has 0 unspecified atom stereocenters. The number of amides is 1. The highest BCUT2D eigenvalue weighted by Gasteiger charge is 2.18. The zero-order chi connectivity index (χ0) is 18.6. The summed E-state index contributed by atoms with van der Waals surface area (Å²) in [5, 5.41) is 4.80. The zero-order valence-electron chi connectivity index (χ0n) is 15.5. The van der Waals surface area contributed by atoms with Crippen LogP contribution < -0.4 is 0 Å². The molecule has 0 bridgehead atoms. The minimum Gasteiger partial charge on any atom is -0.339 e. The van der Waals surface area contributed by atoms with Crippen molar-refractivity contribution in [2.24, 2.45) is 0 Å². The molecule has 136 valence electrons. The van der Waals surface area contributed by atoms with E-state index in [4.69, 9.17) is 5.10 Å². The molecule has 4 heteroatoms. The fourth-order valence-electron chi connectivity index (χ4n) is 3.14. The summed E-state index contributed by atoms with van der Waals surface area (Å²) in [6.45, 7) is 4.51. The fourth-order valence-corrected chi connectivity index (χ4v) is 3.14. The summed E-state index contributed by atoms with van der Waals surface area (Å²) in [6, 6.07) is 18.6. The molecule has 3 aromatic rings. The third kappa shape index (κ3) is 4.00. The lowest BCUT2D eigenvalue weighted by Crippen LogP contribution is -2.40. The van der Waals surface area contributed by atoms with E-state index in [0.717, 1.165) is 36.3 Å². The Morgan fingerprint density at radius 3 is 2.48 bits per heavy atom. The van der Waals surface area contributed by atoms with Gasteiger partial charge in [-0.15, -0.1) is 0 Å². The number of aromatic nitrogens is 2. The van der Waals surface area contributed by atoms with Gasteiger partial charge < -0.3 is 4.90 Å². The first-order valence-corrected chi connectivity index (χ1v) is 9.34. The molecule has 1 aromatic heterocycles. The summed E-state index contributed by atoms with van der Waals surface area (Å²) in [5.74, 6) is 0.0755. The first-order chi connectivity index (χ1) is 13.2. The van der Waals surface area contributed by atoms with Crippen LogP contribution in [0.15, 0.2) is 66.9 Å². The van der Waals surface area contributed by atoms with Crippen molar-refractivity contribution in [2.75, 3.05) is 13.1 Å². The van der Waals surface area contributed by atoms with Gasteiger partial charge in [-0.2, -0.15) is 5.10 Å². The molecule has 1 aliphatic rings. The SMILES string of the molecule is Cc1ccc(Cn2cc(C=CC(=O)N3CCC3)c(-c3ccccc3)n2)cc1. The number of likely N-dealkylation sites (tertiary alicyclic amines) is 1. The molecule has 0 radical (unpaired) electrons. The average molecular weight is 357 g/mol. The summed E-state index contributed by atoms with van der Waals surface area (Å²) >= 11 is 0. The van der Waals surface area contributed by atoms with E-state index in [9.17, 15) is 4.79 Å². The van der Waals surface area contributed by atoms with E-state index in [1.165, 1.54) is 11.1 Å². The highest BCUT2D eigenvalue weighted by Crippen LogP contribution is 2.24. The summed E-state index contributed by atoms with van der Waals surface area (Å²) in [4.78, 5) is 14.0. The van der Waals surface area contributed by atoms with E-state index >= 15 is 0 Å². The summed E-state index contributed by atoms with van der Waals surface area (Å²) in [6.07, 6.45) is 6.67. The lowest BCUT2D eigenvalue weighted by molar-refractivity contribution is -0.129. The van der Waals surface area contributed by atoms with Crippen LogP contribution in [0.4, 0.5) is 0 Å². The summed E-state index contributed by atoms with van der Waals surface area (Å²) < 4.78 is 1.95. The number of carbonyl (C=O) groups is 1. The smallest absolute Gasteiger partial charge is 0.246 e. The highest BCUT2D eigenvalue weighted by atomic mass is 16.2. The first-order valence-electron chi connectivity index (χ1n) is 9.34. The predicted molar refractivity (Wildman–Crippen MR) is 108 cm³/mol. The molecule has 0 atom stereocenters. The van der Waals surface area contributed by atoms with Gasteiger partial charge in [0.15, 0.2) is 0 Å². The number of rotatable bonds is 5. The van der Waals surface area contributed by atoms with Crippen molar-refractivity contribution < 1.29 is 4.79 Å². The molecule has 0 N–H and O–H groups in total. The molecule has 1 aliphatic heterocycles. The molecule has 2 aromatic carbocycles. The zero-order valence-corrected chi connectivity index (χ0v) is 15.5. The standard InChI is InChI=1S/C23H23N3O/c1-18-8-10-19(11-9-18)16-26-17-21(12-13-22(27)25-14-5-15-25)23(24-26)20-6-3-2-4-7-20/h2-4,6-13,17H,5,14-16H2,1H3. The fraction of sp³-hybridized carbons (Fsp3) is 0.217. The normalized spacial score (nSPS) is 13.7. The van der Waals surface area contributed by atoms with Gasteiger partial charge in [-0.25, -0.2) is 0 Å². The number of hydrogen-bond donors (Lipinski definition) is 0. The Morgan fingerprint density at radius 1 is 1.07 bits per heavy atom. The van der Waals surface area contributed by atoms with Crippen LogP contribution in [0, 0.1) is 6.92 Å². The number of benzene rings is 2. The number of aryl methyl sites for hydroxylation is 1. The van der Waals surface area contributed by atoms with Crippen molar-refractivity contribution in [2.45, 2.75) is 19.9 Å². The molecule has 2 heterocycles. The number of carbonyl (C=O) groups excluding carboxylic acids is 1. The van der Waals surface area contributed by atoms with Gasteiger partial charge >= 0.3 is 0 Å². The molecule has 1 amide bonds. The Hall–Kier alpha value is -3.14. The molecule has 0 spiro atoms. The van der Waals surface area contributed by atoms with E-state index in [0.29, 0.717) is 6.54 Å². The Morgan fingerprint density at radius 2 is 1.81 bits per heavy atom. The van der Waals surface area contributed by atoms with Crippen molar-refractivity contribution in [3.8, 4) is 11.3 Å². The number of nitrogens with zero attached hydrogens (tertiary/aromatic N) is 3. The van der Waals surface area contributed by atoms with E-state index in [-0.39, 0.29) is 5.91 Å². The Bertz CT molecular complexity index is 951. The van der Waals surface area contributed by atoms with Gasteiger partial charge in [0, 0.05) is 36.5 Å². The van der Waals surface area contributed by atoms with Gasteiger partial charge in [-0.1, -0.05) is 60.2 Å². The van der Waals surface area contributed by atoms with Crippen LogP contribution in [0.2, 0.25) is 0 Å². The van der Waals surface area contributed by atoms with Crippen LogP contribution in [0.3, 0.4) is 0 Å². The minimum atomic E-state index is 0.0755. The molecule has 1 fully saturated rings. The van der Waals surface area contributed by atoms with E-state index in [2.05, 4.69) is 31.2 Å². The van der Waals surface area contributed by atoms with Crippen LogP contribution in [-0.4, -0.2) is 33.7 Å². The molecule has 1 saturated heterocycles.